The summed E-state index contributed by atoms with van der Waals surface area (Å²) in [6.45, 7) is 5.32. The fourth-order valence-electron chi connectivity index (χ4n) is 2.20. The topological polar surface area (TPSA) is 72.8 Å². The maximum absolute atomic E-state index is 12.2. The molecular formula is C15H15NO4S. The van der Waals surface area contributed by atoms with E-state index in [1.807, 2.05) is 6.92 Å². The van der Waals surface area contributed by atoms with Gasteiger partial charge in [-0.25, -0.2) is 0 Å². The first-order valence-electron chi connectivity index (χ1n) is 6.29. The van der Waals surface area contributed by atoms with Crippen molar-refractivity contribution >= 4 is 21.6 Å². The van der Waals surface area contributed by atoms with Gasteiger partial charge in [0.2, 0.25) is 0 Å². The largest absolute Gasteiger partial charge is 0.359 e. The molecule has 0 radical (unpaired) electrons. The number of carbonyl (C=O) groups excluding carboxylic acids is 1. The van der Waals surface area contributed by atoms with Crippen molar-refractivity contribution in [1.29, 1.82) is 0 Å². The summed E-state index contributed by atoms with van der Waals surface area (Å²) in [5.74, 6) is -0.179. The summed E-state index contributed by atoms with van der Waals surface area (Å²) in [6.07, 6.45) is 5.37. The van der Waals surface area contributed by atoms with Crippen LogP contribution >= 0.6 is 0 Å². The van der Waals surface area contributed by atoms with E-state index in [0.717, 1.165) is 5.56 Å². The highest BCUT2D eigenvalue weighted by atomic mass is 32.2. The molecule has 1 aliphatic rings. The van der Waals surface area contributed by atoms with Crippen LogP contribution in [0.15, 0.2) is 46.5 Å². The third kappa shape index (κ3) is 3.46. The molecule has 0 saturated heterocycles. The Morgan fingerprint density at radius 3 is 2.00 bits per heavy atom. The summed E-state index contributed by atoms with van der Waals surface area (Å²) >= 11 is 0. The molecule has 0 amide bonds. The molecule has 1 aromatic carbocycles. The standard InChI is InChI=1S/C15H15NO4S/c1-10-8-11(2)15(12(3)9-10)21(18,19)20-16-13-4-6-14(17)7-5-13/h4-9H,1-3H3. The number of ketones is 1. The van der Waals surface area contributed by atoms with E-state index in [1.165, 1.54) is 24.3 Å². The molecule has 1 aliphatic carbocycles. The van der Waals surface area contributed by atoms with E-state index in [4.69, 9.17) is 4.28 Å². The van der Waals surface area contributed by atoms with Crippen molar-refractivity contribution in [1.82, 2.24) is 0 Å². The monoisotopic (exact) mass is 305 g/mol. The Bertz CT molecular complexity index is 745. The molecule has 1 aromatic rings. The van der Waals surface area contributed by atoms with Crippen LogP contribution < -0.4 is 0 Å². The lowest BCUT2D eigenvalue weighted by molar-refractivity contribution is -0.110. The van der Waals surface area contributed by atoms with Gasteiger partial charge in [-0.2, -0.15) is 8.42 Å². The first kappa shape index (κ1) is 15.2. The predicted molar refractivity (Wildman–Crippen MR) is 79.6 cm³/mol. The van der Waals surface area contributed by atoms with Crippen LogP contribution in [-0.2, 0) is 19.2 Å². The smallest absolute Gasteiger partial charge is 0.290 e. The van der Waals surface area contributed by atoms with E-state index >= 15 is 0 Å². The number of carbonyl (C=O) groups is 1. The number of aryl methyl sites for hydroxylation is 3. The third-order valence-corrected chi connectivity index (χ3v) is 4.35. The van der Waals surface area contributed by atoms with E-state index in [1.54, 1.807) is 26.0 Å². The number of nitrogens with zero attached hydrogens (tertiary/aromatic N) is 1. The Morgan fingerprint density at radius 2 is 1.48 bits per heavy atom. The number of hydrogen-bond donors (Lipinski definition) is 0. The second-order valence-corrected chi connectivity index (χ2v) is 6.31. The molecule has 5 nitrogen and oxygen atoms in total. The van der Waals surface area contributed by atoms with Crippen molar-refractivity contribution in [3.8, 4) is 0 Å². The summed E-state index contributed by atoms with van der Waals surface area (Å²) in [4.78, 5) is 11.1. The number of benzene rings is 1. The van der Waals surface area contributed by atoms with Gasteiger partial charge in [0.1, 0.15) is 10.6 Å². The minimum absolute atomic E-state index is 0.122. The van der Waals surface area contributed by atoms with Crippen LogP contribution in [0.3, 0.4) is 0 Å². The van der Waals surface area contributed by atoms with Gasteiger partial charge >= 0.3 is 10.1 Å². The van der Waals surface area contributed by atoms with Gasteiger partial charge in [-0.15, -0.1) is 0 Å². The average molecular weight is 305 g/mol. The minimum atomic E-state index is -3.99. The Kier molecular flexibility index (Phi) is 4.09. The number of oxime groups is 1. The quantitative estimate of drug-likeness (QED) is 0.635. The Hall–Kier alpha value is -2.21. The van der Waals surface area contributed by atoms with Gasteiger partial charge in [0.25, 0.3) is 0 Å². The summed E-state index contributed by atoms with van der Waals surface area (Å²) in [7, 11) is -3.99. The lowest BCUT2D eigenvalue weighted by Crippen LogP contribution is -2.09. The van der Waals surface area contributed by atoms with Crippen molar-refractivity contribution < 1.29 is 17.5 Å². The second-order valence-electron chi connectivity index (χ2n) is 4.84. The molecule has 0 spiro atoms. The molecule has 0 aromatic heterocycles. The van der Waals surface area contributed by atoms with Crippen LogP contribution in [0.2, 0.25) is 0 Å². The second kappa shape index (κ2) is 5.65. The fraction of sp³-hybridized carbons (Fsp3) is 0.200. The van der Waals surface area contributed by atoms with E-state index in [0.29, 0.717) is 11.1 Å². The fourth-order valence-corrected chi connectivity index (χ4v) is 3.36. The molecule has 21 heavy (non-hydrogen) atoms. The van der Waals surface area contributed by atoms with E-state index in [2.05, 4.69) is 5.16 Å². The third-order valence-electron chi connectivity index (χ3n) is 2.93. The lowest BCUT2D eigenvalue weighted by Gasteiger charge is -2.10. The molecule has 0 aliphatic heterocycles. The van der Waals surface area contributed by atoms with Gasteiger partial charge in [0.15, 0.2) is 5.78 Å². The zero-order chi connectivity index (χ0) is 15.6. The maximum Gasteiger partial charge on any atom is 0.359 e. The van der Waals surface area contributed by atoms with E-state index < -0.39 is 10.1 Å². The number of allylic oxidation sites excluding steroid dienone is 4. The predicted octanol–water partition coefficient (Wildman–Crippen LogP) is 2.37. The summed E-state index contributed by atoms with van der Waals surface area (Å²) in [5, 5.41) is 3.57. The van der Waals surface area contributed by atoms with Crippen molar-refractivity contribution in [3.63, 3.8) is 0 Å². The van der Waals surface area contributed by atoms with Crippen LogP contribution in [0, 0.1) is 20.8 Å². The van der Waals surface area contributed by atoms with Gasteiger partial charge in [0, 0.05) is 0 Å². The Morgan fingerprint density at radius 1 is 0.952 bits per heavy atom. The molecule has 0 atom stereocenters. The minimum Gasteiger partial charge on any atom is -0.290 e. The molecule has 0 saturated carbocycles. The lowest BCUT2D eigenvalue weighted by atomic mass is 10.1. The normalized spacial score (nSPS) is 14.4. The van der Waals surface area contributed by atoms with Crippen LogP contribution in [0.5, 0.6) is 0 Å². The molecule has 0 unspecified atom stereocenters. The zero-order valence-corrected chi connectivity index (χ0v) is 12.8. The first-order chi connectivity index (χ1) is 9.79. The van der Waals surface area contributed by atoms with Crippen LogP contribution in [0.1, 0.15) is 16.7 Å². The summed E-state index contributed by atoms with van der Waals surface area (Å²) < 4.78 is 29.2. The first-order valence-corrected chi connectivity index (χ1v) is 7.70. The molecule has 6 heteroatoms. The van der Waals surface area contributed by atoms with Gasteiger partial charge < -0.3 is 0 Å². The van der Waals surface area contributed by atoms with Crippen LogP contribution in [0.4, 0.5) is 0 Å². The van der Waals surface area contributed by atoms with E-state index in [9.17, 15) is 13.2 Å². The Labute approximate surface area is 123 Å². The van der Waals surface area contributed by atoms with Gasteiger partial charge in [0.05, 0.1) is 0 Å². The maximum atomic E-state index is 12.2. The molecule has 0 bridgehead atoms. The molecular weight excluding hydrogens is 290 g/mol. The van der Waals surface area contributed by atoms with Crippen molar-refractivity contribution in [2.24, 2.45) is 5.16 Å². The van der Waals surface area contributed by atoms with Gasteiger partial charge in [-0.1, -0.05) is 22.9 Å². The van der Waals surface area contributed by atoms with Gasteiger partial charge in [-0.05, 0) is 56.2 Å². The summed E-state index contributed by atoms with van der Waals surface area (Å²) in [5.41, 5.74) is 2.46. The molecule has 2 rings (SSSR count). The number of rotatable bonds is 3. The Balaban J connectivity index is 2.32. The van der Waals surface area contributed by atoms with Crippen molar-refractivity contribution in [3.05, 3.63) is 53.1 Å². The highest BCUT2D eigenvalue weighted by molar-refractivity contribution is 7.86. The molecule has 110 valence electrons. The average Bonchev–Trinajstić information content (AvgIpc) is 2.36. The molecule has 0 heterocycles. The molecule has 0 N–H and O–H groups in total. The number of hydrogen-bond acceptors (Lipinski definition) is 5. The highest BCUT2D eigenvalue weighted by Crippen LogP contribution is 2.23. The van der Waals surface area contributed by atoms with E-state index in [-0.39, 0.29) is 16.4 Å². The van der Waals surface area contributed by atoms with Crippen molar-refractivity contribution in [2.45, 2.75) is 25.7 Å². The molecule has 0 fully saturated rings. The van der Waals surface area contributed by atoms with Gasteiger partial charge in [-0.3, -0.25) is 9.08 Å². The van der Waals surface area contributed by atoms with Crippen LogP contribution in [-0.4, -0.2) is 19.9 Å². The van der Waals surface area contributed by atoms with Crippen LogP contribution in [0.25, 0.3) is 0 Å². The van der Waals surface area contributed by atoms with Crippen molar-refractivity contribution in [2.75, 3.05) is 0 Å². The summed E-state index contributed by atoms with van der Waals surface area (Å²) in [6, 6.07) is 3.55. The zero-order valence-electron chi connectivity index (χ0n) is 12.0. The SMILES string of the molecule is Cc1cc(C)c(S(=O)(=O)ON=C2C=CC(=O)C=C2)c(C)c1. The highest BCUT2D eigenvalue weighted by Gasteiger charge is 2.22.